The fourth-order valence-corrected chi connectivity index (χ4v) is 1.73. The van der Waals surface area contributed by atoms with E-state index < -0.39 is 12.1 Å². The van der Waals surface area contributed by atoms with Gasteiger partial charge in [0.05, 0.1) is 12.6 Å². The molecule has 0 saturated carbocycles. The van der Waals surface area contributed by atoms with Crippen molar-refractivity contribution in [1.29, 1.82) is 0 Å². The average Bonchev–Trinajstić information content (AvgIpc) is 2.27. The highest BCUT2D eigenvalue weighted by Crippen LogP contribution is 2.19. The topological polar surface area (TPSA) is 60.8 Å². The molecule has 0 saturated heterocycles. The number of rotatable bonds is 5. The van der Waals surface area contributed by atoms with Gasteiger partial charge in [0, 0.05) is 12.1 Å². The van der Waals surface area contributed by atoms with Crippen LogP contribution >= 0.6 is 0 Å². The lowest BCUT2D eigenvalue weighted by Gasteiger charge is -2.35. The Labute approximate surface area is 108 Å². The van der Waals surface area contributed by atoms with Crippen LogP contribution in [-0.2, 0) is 4.79 Å². The van der Waals surface area contributed by atoms with Crippen molar-refractivity contribution in [1.82, 2.24) is 4.90 Å². The smallest absolute Gasteiger partial charge is 0.317 e. The van der Waals surface area contributed by atoms with E-state index in [2.05, 4.69) is 0 Å². The lowest BCUT2D eigenvalue weighted by Crippen LogP contribution is -2.46. The Kier molecular flexibility index (Phi) is 4.87. The summed E-state index contributed by atoms with van der Waals surface area (Å²) in [7, 11) is 0. The molecule has 0 amide bonds. The van der Waals surface area contributed by atoms with Crippen LogP contribution in [0, 0.1) is 0 Å². The molecule has 0 radical (unpaired) electrons. The first-order valence-electron chi connectivity index (χ1n) is 6.00. The zero-order valence-corrected chi connectivity index (χ0v) is 11.1. The quantitative estimate of drug-likeness (QED) is 0.839. The van der Waals surface area contributed by atoms with Gasteiger partial charge in [-0.05, 0) is 26.3 Å². The zero-order chi connectivity index (χ0) is 13.8. The maximum atomic E-state index is 10.9. The van der Waals surface area contributed by atoms with E-state index in [4.69, 9.17) is 5.11 Å². The Morgan fingerprint density at radius 3 is 2.28 bits per heavy atom. The van der Waals surface area contributed by atoms with E-state index >= 15 is 0 Å². The molecule has 100 valence electrons. The molecule has 1 atom stereocenters. The number of hydrogen-bond donors (Lipinski definition) is 2. The van der Waals surface area contributed by atoms with Gasteiger partial charge in [-0.15, -0.1) is 0 Å². The molecule has 0 heterocycles. The number of β-amino-alcohol motifs (C(OH)–C–C–N with tert-alkyl or cyclic N) is 1. The van der Waals surface area contributed by atoms with Gasteiger partial charge in [0.2, 0.25) is 0 Å². The molecule has 1 aromatic rings. The van der Waals surface area contributed by atoms with E-state index in [1.807, 2.05) is 51.1 Å². The monoisotopic (exact) mass is 251 g/mol. The molecule has 4 heteroatoms. The third-order valence-corrected chi connectivity index (χ3v) is 2.85. The summed E-state index contributed by atoms with van der Waals surface area (Å²) in [6, 6.07) is 9.28. The Hall–Kier alpha value is -1.39. The summed E-state index contributed by atoms with van der Waals surface area (Å²) in [5.74, 6) is -0.884. The van der Waals surface area contributed by atoms with Crippen molar-refractivity contribution in [3.05, 3.63) is 35.9 Å². The fourth-order valence-electron chi connectivity index (χ4n) is 1.73. The van der Waals surface area contributed by atoms with Gasteiger partial charge in [-0.2, -0.15) is 0 Å². The summed E-state index contributed by atoms with van der Waals surface area (Å²) in [5, 5.41) is 19.0. The molecule has 4 nitrogen and oxygen atoms in total. The highest BCUT2D eigenvalue weighted by Gasteiger charge is 2.26. The SMILES string of the molecule is CC(C)(C)N(CC(=O)O)CC(O)c1ccccc1. The number of carboxylic acid groups (broad SMARTS) is 1. The van der Waals surface area contributed by atoms with E-state index in [1.165, 1.54) is 0 Å². The van der Waals surface area contributed by atoms with E-state index in [0.717, 1.165) is 5.56 Å². The van der Waals surface area contributed by atoms with Crippen molar-refractivity contribution in [2.45, 2.75) is 32.4 Å². The van der Waals surface area contributed by atoms with Gasteiger partial charge in [0.1, 0.15) is 0 Å². The molecule has 0 spiro atoms. The second-order valence-corrected chi connectivity index (χ2v) is 5.37. The first-order valence-corrected chi connectivity index (χ1v) is 6.00. The van der Waals surface area contributed by atoms with Gasteiger partial charge in [-0.3, -0.25) is 9.69 Å². The summed E-state index contributed by atoms with van der Waals surface area (Å²) in [6.45, 7) is 6.04. The Balaban J connectivity index is 2.75. The van der Waals surface area contributed by atoms with Crippen molar-refractivity contribution in [3.63, 3.8) is 0 Å². The minimum absolute atomic E-state index is 0.0760. The van der Waals surface area contributed by atoms with Gasteiger partial charge >= 0.3 is 5.97 Å². The number of nitrogens with zero attached hydrogens (tertiary/aromatic N) is 1. The third kappa shape index (κ3) is 4.47. The number of aliphatic hydroxyl groups is 1. The van der Waals surface area contributed by atoms with Crippen LogP contribution in [0.3, 0.4) is 0 Å². The number of carboxylic acids is 1. The van der Waals surface area contributed by atoms with Crippen LogP contribution in [0.25, 0.3) is 0 Å². The van der Waals surface area contributed by atoms with Crippen molar-refractivity contribution >= 4 is 5.97 Å². The molecule has 0 fully saturated rings. The van der Waals surface area contributed by atoms with Crippen LogP contribution < -0.4 is 0 Å². The minimum atomic E-state index is -0.884. The molecule has 1 rings (SSSR count). The highest BCUT2D eigenvalue weighted by molar-refractivity contribution is 5.69. The lowest BCUT2D eigenvalue weighted by molar-refractivity contribution is -0.140. The van der Waals surface area contributed by atoms with E-state index in [-0.39, 0.29) is 12.1 Å². The number of aliphatic carboxylic acids is 1. The molecular weight excluding hydrogens is 230 g/mol. The second-order valence-electron chi connectivity index (χ2n) is 5.37. The van der Waals surface area contributed by atoms with E-state index in [1.54, 1.807) is 4.90 Å². The molecular formula is C14H21NO3. The van der Waals surface area contributed by atoms with Crippen molar-refractivity contribution in [3.8, 4) is 0 Å². The predicted octanol–water partition coefficient (Wildman–Crippen LogP) is 1.91. The molecule has 2 N–H and O–H groups in total. The molecule has 0 aliphatic rings. The molecule has 0 bridgehead atoms. The number of hydrogen-bond acceptors (Lipinski definition) is 3. The Bertz CT molecular complexity index is 384. The summed E-state index contributed by atoms with van der Waals surface area (Å²) < 4.78 is 0. The summed E-state index contributed by atoms with van der Waals surface area (Å²) in [5.41, 5.74) is 0.505. The van der Waals surface area contributed by atoms with E-state index in [0.29, 0.717) is 6.54 Å². The summed E-state index contributed by atoms with van der Waals surface area (Å²) >= 11 is 0. The predicted molar refractivity (Wildman–Crippen MR) is 70.4 cm³/mol. The third-order valence-electron chi connectivity index (χ3n) is 2.85. The van der Waals surface area contributed by atoms with Crippen molar-refractivity contribution in [2.75, 3.05) is 13.1 Å². The maximum absolute atomic E-state index is 10.9. The van der Waals surface area contributed by atoms with Gasteiger partial charge < -0.3 is 10.2 Å². The van der Waals surface area contributed by atoms with Gasteiger partial charge in [-0.25, -0.2) is 0 Å². The van der Waals surface area contributed by atoms with Crippen LogP contribution in [-0.4, -0.2) is 39.7 Å². The normalized spacial score (nSPS) is 13.6. The Morgan fingerprint density at radius 2 is 1.83 bits per heavy atom. The first kappa shape index (κ1) is 14.7. The van der Waals surface area contributed by atoms with Gasteiger partial charge in [0.15, 0.2) is 0 Å². The number of aliphatic hydroxyl groups excluding tert-OH is 1. The van der Waals surface area contributed by atoms with Gasteiger partial charge in [-0.1, -0.05) is 30.3 Å². The average molecular weight is 251 g/mol. The van der Waals surface area contributed by atoms with Crippen LogP contribution in [0.4, 0.5) is 0 Å². The van der Waals surface area contributed by atoms with Gasteiger partial charge in [0.25, 0.3) is 0 Å². The Morgan fingerprint density at radius 1 is 1.28 bits per heavy atom. The molecule has 0 aliphatic heterocycles. The summed E-state index contributed by atoms with van der Waals surface area (Å²) in [6.07, 6.45) is -0.676. The van der Waals surface area contributed by atoms with Crippen LogP contribution in [0.5, 0.6) is 0 Å². The fraction of sp³-hybridized carbons (Fsp3) is 0.500. The minimum Gasteiger partial charge on any atom is -0.480 e. The van der Waals surface area contributed by atoms with E-state index in [9.17, 15) is 9.90 Å². The van der Waals surface area contributed by atoms with Crippen LogP contribution in [0.1, 0.15) is 32.4 Å². The molecule has 18 heavy (non-hydrogen) atoms. The lowest BCUT2D eigenvalue weighted by atomic mass is 10.0. The number of carbonyl (C=O) groups is 1. The zero-order valence-electron chi connectivity index (χ0n) is 11.1. The highest BCUT2D eigenvalue weighted by atomic mass is 16.4. The van der Waals surface area contributed by atoms with Crippen molar-refractivity contribution < 1.29 is 15.0 Å². The molecule has 1 aromatic carbocycles. The second kappa shape index (κ2) is 5.98. The molecule has 0 aromatic heterocycles. The largest absolute Gasteiger partial charge is 0.480 e. The summed E-state index contributed by atoms with van der Waals surface area (Å²) in [4.78, 5) is 12.6. The standard InChI is InChI=1S/C14H21NO3/c1-14(2,3)15(10-13(17)18)9-12(16)11-7-5-4-6-8-11/h4-8,12,16H,9-10H2,1-3H3,(H,17,18). The van der Waals surface area contributed by atoms with Crippen molar-refractivity contribution in [2.24, 2.45) is 0 Å². The van der Waals surface area contributed by atoms with Crippen LogP contribution in [0.15, 0.2) is 30.3 Å². The first-order chi connectivity index (χ1) is 8.30. The molecule has 1 unspecified atom stereocenters. The maximum Gasteiger partial charge on any atom is 0.317 e. The van der Waals surface area contributed by atoms with Crippen LogP contribution in [0.2, 0.25) is 0 Å². The number of benzene rings is 1. The molecule has 0 aliphatic carbocycles.